The number of aliphatic hydroxyl groups excluding tert-OH is 1. The predicted octanol–water partition coefficient (Wildman–Crippen LogP) is 1.48. The molecule has 0 saturated heterocycles. The van der Waals surface area contributed by atoms with Crippen molar-refractivity contribution < 1.29 is 15.3 Å². The van der Waals surface area contributed by atoms with Gasteiger partial charge in [-0.3, -0.25) is 0 Å². The van der Waals surface area contributed by atoms with Crippen LogP contribution >= 0.6 is 0 Å². The van der Waals surface area contributed by atoms with E-state index in [1.165, 1.54) is 24.3 Å². The molecule has 68 valence electrons. The van der Waals surface area contributed by atoms with Crippen LogP contribution in [0.15, 0.2) is 24.3 Å². The fourth-order valence-electron chi connectivity index (χ4n) is 0.453. The Morgan fingerprint density at radius 2 is 1.08 bits per heavy atom. The van der Waals surface area contributed by atoms with Crippen molar-refractivity contribution in [2.24, 2.45) is 0 Å². The van der Waals surface area contributed by atoms with Crippen molar-refractivity contribution in [1.82, 2.24) is 0 Å². The summed E-state index contributed by atoms with van der Waals surface area (Å²) in [5.74, 6) is 0.339. The van der Waals surface area contributed by atoms with Crippen LogP contribution in [0.25, 0.3) is 0 Å². The summed E-state index contributed by atoms with van der Waals surface area (Å²) in [5, 5.41) is 25.3. The Hall–Kier alpha value is -1.22. The highest BCUT2D eigenvalue weighted by Crippen LogP contribution is 2.13. The molecule has 0 aliphatic heterocycles. The molecular weight excluding hydrogens is 156 g/mol. The average molecular weight is 170 g/mol. The van der Waals surface area contributed by atoms with Crippen LogP contribution in [-0.4, -0.2) is 21.4 Å². The van der Waals surface area contributed by atoms with Crippen molar-refractivity contribution in [3.05, 3.63) is 24.3 Å². The zero-order valence-corrected chi connectivity index (χ0v) is 7.23. The highest BCUT2D eigenvalue weighted by atomic mass is 16.3. The Kier molecular flexibility index (Phi) is 4.88. The maximum absolute atomic E-state index is 8.65. The molecule has 1 aromatic rings. The second-order valence-corrected chi connectivity index (χ2v) is 2.61. The van der Waals surface area contributed by atoms with Gasteiger partial charge in [0.25, 0.3) is 0 Å². The molecule has 3 heteroatoms. The normalized spacial score (nSPS) is 9.00. The molecule has 1 aromatic carbocycles. The van der Waals surface area contributed by atoms with Gasteiger partial charge in [-0.05, 0) is 38.1 Å². The number of phenolic OH excluding ortho intramolecular Hbond substituents is 2. The summed E-state index contributed by atoms with van der Waals surface area (Å²) in [5.41, 5.74) is 0. The van der Waals surface area contributed by atoms with Gasteiger partial charge in [-0.15, -0.1) is 0 Å². The van der Waals surface area contributed by atoms with Gasteiger partial charge in [0.15, 0.2) is 0 Å². The first-order valence-electron chi connectivity index (χ1n) is 3.68. The lowest BCUT2D eigenvalue weighted by Gasteiger charge is -1.88. The summed E-state index contributed by atoms with van der Waals surface area (Å²) in [6.45, 7) is 3.44. The lowest BCUT2D eigenvalue weighted by Crippen LogP contribution is -1.85. The largest absolute Gasteiger partial charge is 0.508 e. The Balaban J connectivity index is 0.000000261. The van der Waals surface area contributed by atoms with Crippen LogP contribution in [0.1, 0.15) is 13.8 Å². The molecule has 0 atom stereocenters. The van der Waals surface area contributed by atoms with E-state index in [2.05, 4.69) is 0 Å². The van der Waals surface area contributed by atoms with Crippen molar-refractivity contribution >= 4 is 0 Å². The molecular formula is C9H14O3. The Morgan fingerprint density at radius 3 is 1.25 bits per heavy atom. The van der Waals surface area contributed by atoms with E-state index in [1.807, 2.05) is 0 Å². The zero-order chi connectivity index (χ0) is 9.56. The third-order valence-corrected chi connectivity index (χ3v) is 0.850. The quantitative estimate of drug-likeness (QED) is 0.517. The van der Waals surface area contributed by atoms with Crippen molar-refractivity contribution in [3.63, 3.8) is 0 Å². The van der Waals surface area contributed by atoms with E-state index in [9.17, 15) is 0 Å². The van der Waals surface area contributed by atoms with E-state index in [0.29, 0.717) is 0 Å². The molecule has 0 saturated carbocycles. The molecule has 0 heterocycles. The van der Waals surface area contributed by atoms with Gasteiger partial charge in [-0.1, -0.05) is 0 Å². The molecule has 0 radical (unpaired) electrons. The van der Waals surface area contributed by atoms with Gasteiger partial charge in [0.1, 0.15) is 11.5 Å². The third kappa shape index (κ3) is 6.89. The lowest BCUT2D eigenvalue weighted by atomic mass is 10.3. The van der Waals surface area contributed by atoms with Crippen LogP contribution in [-0.2, 0) is 0 Å². The smallest absolute Gasteiger partial charge is 0.115 e. The standard InChI is InChI=1S/C6H6O2.C3H8O/c7-5-1-2-6(8)4-3-5;1-3(2)4/h1-4,7-8H;3-4H,1-2H3. The lowest BCUT2D eigenvalue weighted by molar-refractivity contribution is 0.216. The van der Waals surface area contributed by atoms with Crippen LogP contribution in [0.2, 0.25) is 0 Å². The molecule has 0 aromatic heterocycles. The predicted molar refractivity (Wildman–Crippen MR) is 47.1 cm³/mol. The fourth-order valence-corrected chi connectivity index (χ4v) is 0.453. The second kappa shape index (κ2) is 5.43. The minimum atomic E-state index is -0.167. The van der Waals surface area contributed by atoms with Crippen LogP contribution in [0.5, 0.6) is 11.5 Å². The van der Waals surface area contributed by atoms with Gasteiger partial charge in [0.05, 0.1) is 0 Å². The Labute approximate surface area is 71.9 Å². The summed E-state index contributed by atoms with van der Waals surface area (Å²) >= 11 is 0. The zero-order valence-electron chi connectivity index (χ0n) is 7.23. The fraction of sp³-hybridized carbons (Fsp3) is 0.333. The molecule has 0 unspecified atom stereocenters. The molecule has 0 aliphatic carbocycles. The molecule has 1 rings (SSSR count). The average Bonchev–Trinajstić information content (AvgIpc) is 1.94. The van der Waals surface area contributed by atoms with Gasteiger partial charge in [0, 0.05) is 6.10 Å². The third-order valence-electron chi connectivity index (χ3n) is 0.850. The number of aliphatic hydroxyl groups is 1. The summed E-state index contributed by atoms with van der Waals surface area (Å²) in [7, 11) is 0. The van der Waals surface area contributed by atoms with Crippen LogP contribution in [0.4, 0.5) is 0 Å². The van der Waals surface area contributed by atoms with Crippen LogP contribution in [0.3, 0.4) is 0 Å². The van der Waals surface area contributed by atoms with E-state index in [4.69, 9.17) is 15.3 Å². The van der Waals surface area contributed by atoms with Crippen LogP contribution in [0, 0.1) is 0 Å². The Morgan fingerprint density at radius 1 is 0.917 bits per heavy atom. The van der Waals surface area contributed by atoms with Gasteiger partial charge in [-0.25, -0.2) is 0 Å². The van der Waals surface area contributed by atoms with Gasteiger partial charge in [-0.2, -0.15) is 0 Å². The van der Waals surface area contributed by atoms with Crippen molar-refractivity contribution in [1.29, 1.82) is 0 Å². The maximum Gasteiger partial charge on any atom is 0.115 e. The minimum absolute atomic E-state index is 0.167. The summed E-state index contributed by atoms with van der Waals surface area (Å²) in [6, 6.07) is 5.70. The molecule has 3 N–H and O–H groups in total. The maximum atomic E-state index is 8.65. The molecule has 0 amide bonds. The monoisotopic (exact) mass is 170 g/mol. The molecule has 12 heavy (non-hydrogen) atoms. The Bertz CT molecular complexity index is 180. The molecule has 0 bridgehead atoms. The first kappa shape index (κ1) is 10.8. The molecule has 0 spiro atoms. The summed E-state index contributed by atoms with van der Waals surface area (Å²) in [4.78, 5) is 0. The molecule has 3 nitrogen and oxygen atoms in total. The van der Waals surface area contributed by atoms with Gasteiger partial charge < -0.3 is 15.3 Å². The van der Waals surface area contributed by atoms with Crippen molar-refractivity contribution in [2.75, 3.05) is 0 Å². The number of benzene rings is 1. The van der Waals surface area contributed by atoms with E-state index < -0.39 is 0 Å². The minimum Gasteiger partial charge on any atom is -0.508 e. The van der Waals surface area contributed by atoms with Gasteiger partial charge >= 0.3 is 0 Å². The van der Waals surface area contributed by atoms with E-state index in [-0.39, 0.29) is 17.6 Å². The van der Waals surface area contributed by atoms with Gasteiger partial charge in [0.2, 0.25) is 0 Å². The van der Waals surface area contributed by atoms with Crippen molar-refractivity contribution in [2.45, 2.75) is 20.0 Å². The number of rotatable bonds is 0. The number of hydrogen-bond donors (Lipinski definition) is 3. The number of phenols is 2. The molecule has 0 aliphatic rings. The van der Waals surface area contributed by atoms with E-state index in [0.717, 1.165) is 0 Å². The summed E-state index contributed by atoms with van der Waals surface area (Å²) < 4.78 is 0. The van der Waals surface area contributed by atoms with E-state index >= 15 is 0 Å². The highest BCUT2D eigenvalue weighted by Gasteiger charge is 1.84. The first-order chi connectivity index (χ1) is 5.52. The first-order valence-corrected chi connectivity index (χ1v) is 3.68. The topological polar surface area (TPSA) is 60.7 Å². The molecule has 0 fully saturated rings. The SMILES string of the molecule is CC(C)O.Oc1ccc(O)cc1. The summed E-state index contributed by atoms with van der Waals surface area (Å²) in [6.07, 6.45) is -0.167. The second-order valence-electron chi connectivity index (χ2n) is 2.61. The van der Waals surface area contributed by atoms with Crippen molar-refractivity contribution in [3.8, 4) is 11.5 Å². The highest BCUT2D eigenvalue weighted by molar-refractivity contribution is 5.28. The number of aromatic hydroxyl groups is 2. The van der Waals surface area contributed by atoms with Crippen LogP contribution < -0.4 is 0 Å². The number of hydrogen-bond acceptors (Lipinski definition) is 3. The van der Waals surface area contributed by atoms with E-state index in [1.54, 1.807) is 13.8 Å².